The highest BCUT2D eigenvalue weighted by molar-refractivity contribution is 9.10. The van der Waals surface area contributed by atoms with Crippen LogP contribution in [0.5, 0.6) is 5.75 Å². The number of phenols is 1. The van der Waals surface area contributed by atoms with E-state index in [1.54, 1.807) is 18.5 Å². The summed E-state index contributed by atoms with van der Waals surface area (Å²) in [6.45, 7) is 0. The van der Waals surface area contributed by atoms with Gasteiger partial charge in [0, 0.05) is 27.8 Å². The maximum Gasteiger partial charge on any atom is 0.263 e. The summed E-state index contributed by atoms with van der Waals surface area (Å²) in [5, 5.41) is 10.4. The van der Waals surface area contributed by atoms with Gasteiger partial charge in [0.25, 0.3) is 5.91 Å². The van der Waals surface area contributed by atoms with E-state index >= 15 is 0 Å². The molecule has 0 unspecified atom stereocenters. The Bertz CT molecular complexity index is 854. The summed E-state index contributed by atoms with van der Waals surface area (Å²) in [6.07, 6.45) is 3.24. The van der Waals surface area contributed by atoms with E-state index in [-0.39, 0.29) is 27.3 Å². The summed E-state index contributed by atoms with van der Waals surface area (Å²) in [5.41, 5.74) is 0.785. The second-order valence-electron chi connectivity index (χ2n) is 4.32. The Morgan fingerprint density at radius 3 is 2.62 bits per heavy atom. The number of halogens is 3. The number of benzene rings is 1. The Kier molecular flexibility index (Phi) is 3.65. The van der Waals surface area contributed by atoms with Gasteiger partial charge >= 0.3 is 0 Å². The average molecular weight is 386 g/mol. The van der Waals surface area contributed by atoms with E-state index in [0.717, 1.165) is 9.86 Å². The van der Waals surface area contributed by atoms with Crippen LogP contribution in [-0.4, -0.2) is 20.6 Å². The van der Waals surface area contributed by atoms with Crippen LogP contribution in [0.25, 0.3) is 11.0 Å². The molecule has 106 valence electrons. The monoisotopic (exact) mass is 384 g/mol. The molecule has 4 nitrogen and oxygen atoms in total. The van der Waals surface area contributed by atoms with Crippen LogP contribution in [0.4, 0.5) is 0 Å². The second kappa shape index (κ2) is 5.33. The van der Waals surface area contributed by atoms with E-state index in [9.17, 15) is 9.90 Å². The van der Waals surface area contributed by atoms with Crippen molar-refractivity contribution >= 4 is 56.1 Å². The third-order valence-electron chi connectivity index (χ3n) is 3.00. The van der Waals surface area contributed by atoms with Crippen LogP contribution in [0, 0.1) is 0 Å². The standard InChI is InChI=1S/C14H7BrCl2N2O2/c15-9-6-19(13-8(9)2-1-3-18-13)14(21)7-4-10(16)12(20)11(17)5-7/h1-6,20H. The number of carbonyl (C=O) groups is 1. The molecule has 1 aromatic carbocycles. The molecule has 7 heteroatoms. The van der Waals surface area contributed by atoms with Crippen molar-refractivity contribution in [3.8, 4) is 5.75 Å². The molecule has 0 bridgehead atoms. The highest BCUT2D eigenvalue weighted by atomic mass is 79.9. The average Bonchev–Trinajstić information content (AvgIpc) is 2.81. The first-order valence-electron chi connectivity index (χ1n) is 5.83. The lowest BCUT2D eigenvalue weighted by molar-refractivity contribution is 0.0964. The maximum absolute atomic E-state index is 12.6. The molecule has 0 saturated carbocycles. The van der Waals surface area contributed by atoms with Crippen molar-refractivity contribution in [1.29, 1.82) is 0 Å². The number of rotatable bonds is 1. The zero-order valence-electron chi connectivity index (χ0n) is 10.3. The zero-order valence-corrected chi connectivity index (χ0v) is 13.4. The normalized spacial score (nSPS) is 11.0. The van der Waals surface area contributed by atoms with Crippen LogP contribution in [0.1, 0.15) is 10.4 Å². The van der Waals surface area contributed by atoms with Gasteiger partial charge in [-0.25, -0.2) is 4.98 Å². The van der Waals surface area contributed by atoms with Crippen LogP contribution in [0.2, 0.25) is 10.0 Å². The summed E-state index contributed by atoms with van der Waals surface area (Å²) in [5.74, 6) is -0.584. The number of fused-ring (bicyclic) bond motifs is 1. The first-order chi connectivity index (χ1) is 9.99. The van der Waals surface area contributed by atoms with Gasteiger partial charge in [0.1, 0.15) is 5.65 Å². The first kappa shape index (κ1) is 14.4. The number of hydrogen-bond donors (Lipinski definition) is 1. The van der Waals surface area contributed by atoms with E-state index in [4.69, 9.17) is 23.2 Å². The summed E-state index contributed by atoms with van der Waals surface area (Å²) in [4.78, 5) is 16.8. The molecule has 21 heavy (non-hydrogen) atoms. The third kappa shape index (κ3) is 2.41. The van der Waals surface area contributed by atoms with Crippen molar-refractivity contribution in [2.75, 3.05) is 0 Å². The van der Waals surface area contributed by atoms with Crippen molar-refractivity contribution in [3.63, 3.8) is 0 Å². The topological polar surface area (TPSA) is 55.1 Å². The molecule has 2 heterocycles. The molecule has 3 aromatic rings. The number of aromatic nitrogens is 2. The number of carbonyl (C=O) groups excluding carboxylic acids is 1. The lowest BCUT2D eigenvalue weighted by Gasteiger charge is -2.06. The Labute approximate surface area is 138 Å². The van der Waals surface area contributed by atoms with Crippen molar-refractivity contribution in [2.24, 2.45) is 0 Å². The van der Waals surface area contributed by atoms with Gasteiger partial charge in [-0.2, -0.15) is 0 Å². The summed E-state index contributed by atoms with van der Waals surface area (Å²) in [6, 6.07) is 6.38. The fourth-order valence-electron chi connectivity index (χ4n) is 2.00. The van der Waals surface area contributed by atoms with Crippen LogP contribution in [-0.2, 0) is 0 Å². The summed E-state index contributed by atoms with van der Waals surface area (Å²) >= 11 is 15.1. The Balaban J connectivity index is 2.17. The van der Waals surface area contributed by atoms with Gasteiger partial charge in [-0.15, -0.1) is 0 Å². The molecule has 0 radical (unpaired) electrons. The van der Waals surface area contributed by atoms with Gasteiger partial charge < -0.3 is 5.11 Å². The van der Waals surface area contributed by atoms with Crippen molar-refractivity contribution in [3.05, 3.63) is 56.7 Å². The Hall–Kier alpha value is -1.56. The maximum atomic E-state index is 12.6. The van der Waals surface area contributed by atoms with E-state index in [2.05, 4.69) is 20.9 Å². The Morgan fingerprint density at radius 2 is 1.95 bits per heavy atom. The fourth-order valence-corrected chi connectivity index (χ4v) is 3.00. The number of pyridine rings is 1. The van der Waals surface area contributed by atoms with Crippen LogP contribution >= 0.6 is 39.1 Å². The van der Waals surface area contributed by atoms with E-state index in [1.807, 2.05) is 6.07 Å². The highest BCUT2D eigenvalue weighted by Crippen LogP contribution is 2.33. The largest absolute Gasteiger partial charge is 0.505 e. The highest BCUT2D eigenvalue weighted by Gasteiger charge is 2.17. The Morgan fingerprint density at radius 1 is 1.29 bits per heavy atom. The first-order valence-corrected chi connectivity index (χ1v) is 7.38. The van der Waals surface area contributed by atoms with E-state index in [0.29, 0.717) is 5.65 Å². The molecule has 0 aliphatic rings. The molecule has 3 rings (SSSR count). The van der Waals surface area contributed by atoms with Gasteiger partial charge in [0.05, 0.1) is 10.0 Å². The van der Waals surface area contributed by atoms with E-state index < -0.39 is 0 Å². The van der Waals surface area contributed by atoms with Gasteiger partial charge in [-0.3, -0.25) is 9.36 Å². The second-order valence-corrected chi connectivity index (χ2v) is 5.98. The quantitative estimate of drug-likeness (QED) is 0.670. The predicted molar refractivity (Wildman–Crippen MR) is 85.3 cm³/mol. The van der Waals surface area contributed by atoms with Gasteiger partial charge in [0.15, 0.2) is 5.75 Å². The zero-order chi connectivity index (χ0) is 15.1. The SMILES string of the molecule is O=C(c1cc(Cl)c(O)c(Cl)c1)n1cc(Br)c2cccnc21. The minimum Gasteiger partial charge on any atom is -0.505 e. The minimum absolute atomic E-state index is 0.0225. The van der Waals surface area contributed by atoms with Crippen LogP contribution in [0.15, 0.2) is 41.1 Å². The molecule has 0 atom stereocenters. The summed E-state index contributed by atoms with van der Waals surface area (Å²) < 4.78 is 2.16. The smallest absolute Gasteiger partial charge is 0.263 e. The van der Waals surface area contributed by atoms with Crippen molar-refractivity contribution < 1.29 is 9.90 Å². The molecule has 0 amide bonds. The van der Waals surface area contributed by atoms with Gasteiger partial charge in [-0.05, 0) is 40.2 Å². The lowest BCUT2D eigenvalue weighted by Crippen LogP contribution is -2.11. The molecule has 0 saturated heterocycles. The van der Waals surface area contributed by atoms with Gasteiger partial charge in [0.2, 0.25) is 0 Å². The number of hydrogen-bond acceptors (Lipinski definition) is 3. The van der Waals surface area contributed by atoms with Crippen molar-refractivity contribution in [2.45, 2.75) is 0 Å². The van der Waals surface area contributed by atoms with Crippen molar-refractivity contribution in [1.82, 2.24) is 9.55 Å². The number of nitrogens with zero attached hydrogens (tertiary/aromatic N) is 2. The van der Waals surface area contributed by atoms with E-state index in [1.165, 1.54) is 16.7 Å². The molecule has 0 aliphatic heterocycles. The van der Waals surface area contributed by atoms with Crippen LogP contribution < -0.4 is 0 Å². The van der Waals surface area contributed by atoms with Crippen LogP contribution in [0.3, 0.4) is 0 Å². The molecule has 0 aliphatic carbocycles. The lowest BCUT2D eigenvalue weighted by atomic mass is 10.2. The van der Waals surface area contributed by atoms with Gasteiger partial charge in [-0.1, -0.05) is 23.2 Å². The molecule has 1 N–H and O–H groups in total. The minimum atomic E-state index is -0.340. The predicted octanol–water partition coefficient (Wildman–Crippen LogP) is 4.50. The fraction of sp³-hybridized carbons (Fsp3) is 0. The number of aromatic hydroxyl groups is 1. The molecule has 0 spiro atoms. The molecular formula is C14H7BrCl2N2O2. The molecule has 2 aromatic heterocycles. The molecular weight excluding hydrogens is 379 g/mol. The summed E-state index contributed by atoms with van der Waals surface area (Å²) in [7, 11) is 0. The number of phenolic OH excluding ortho intramolecular Hbond substituents is 1. The third-order valence-corrected chi connectivity index (χ3v) is 4.21. The molecule has 0 fully saturated rings.